The predicted octanol–water partition coefficient (Wildman–Crippen LogP) is 3.70. The molecule has 2 saturated carbocycles. The van der Waals surface area contributed by atoms with E-state index in [1.807, 2.05) is 0 Å². The first-order valence-corrected chi connectivity index (χ1v) is 6.75. The van der Waals surface area contributed by atoms with Gasteiger partial charge in [-0.1, -0.05) is 0 Å². The molecule has 18 heavy (non-hydrogen) atoms. The fraction of sp³-hybridized carbons (Fsp3) is 0.467. The van der Waals surface area contributed by atoms with Gasteiger partial charge in [0.1, 0.15) is 17.2 Å². The molecule has 0 saturated heterocycles. The second-order valence-corrected chi connectivity index (χ2v) is 5.51. The molecule has 0 bridgehead atoms. The Morgan fingerprint density at radius 2 is 2.06 bits per heavy atom. The maximum absolute atomic E-state index is 13.4. The van der Waals surface area contributed by atoms with Crippen molar-refractivity contribution >= 4 is 11.0 Å². The Labute approximate surface area is 105 Å². The van der Waals surface area contributed by atoms with Crippen molar-refractivity contribution in [2.45, 2.75) is 44.2 Å². The lowest BCUT2D eigenvalue weighted by molar-refractivity contribution is 0.506. The van der Waals surface area contributed by atoms with E-state index in [1.165, 1.54) is 37.3 Å². The van der Waals surface area contributed by atoms with Crippen molar-refractivity contribution < 1.29 is 8.81 Å². The van der Waals surface area contributed by atoms with Crippen LogP contribution in [0.3, 0.4) is 0 Å². The summed E-state index contributed by atoms with van der Waals surface area (Å²) in [5.74, 6) is 1.43. The third kappa shape index (κ3) is 1.83. The predicted molar refractivity (Wildman–Crippen MR) is 68.0 cm³/mol. The van der Waals surface area contributed by atoms with Gasteiger partial charge in [-0.2, -0.15) is 0 Å². The van der Waals surface area contributed by atoms with E-state index < -0.39 is 0 Å². The molecule has 3 heteroatoms. The molecule has 2 aromatic rings. The van der Waals surface area contributed by atoms with Gasteiger partial charge in [0.25, 0.3) is 0 Å². The third-order valence-electron chi connectivity index (χ3n) is 3.88. The highest BCUT2D eigenvalue weighted by Gasteiger charge is 2.31. The van der Waals surface area contributed by atoms with Gasteiger partial charge in [-0.15, -0.1) is 0 Å². The highest BCUT2D eigenvalue weighted by atomic mass is 19.1. The second kappa shape index (κ2) is 3.82. The van der Waals surface area contributed by atoms with Crippen LogP contribution in [0.5, 0.6) is 0 Å². The van der Waals surface area contributed by atoms with Crippen LogP contribution in [-0.2, 0) is 6.54 Å². The standard InChI is InChI=1S/C15H16FNO/c16-10-3-6-13-12(7-10)15(9-1-2-9)14(18-13)8-17-11-4-5-11/h3,6-7,9,11,17H,1-2,4-5,8H2. The van der Waals surface area contributed by atoms with E-state index in [1.54, 1.807) is 12.1 Å². The molecule has 1 heterocycles. The fourth-order valence-corrected chi connectivity index (χ4v) is 2.61. The lowest BCUT2D eigenvalue weighted by atomic mass is 10.1. The van der Waals surface area contributed by atoms with Crippen molar-refractivity contribution in [1.82, 2.24) is 5.32 Å². The minimum absolute atomic E-state index is 0.174. The summed E-state index contributed by atoms with van der Waals surface area (Å²) in [4.78, 5) is 0. The highest BCUT2D eigenvalue weighted by Crippen LogP contribution is 2.46. The molecule has 0 spiro atoms. The molecule has 2 nitrogen and oxygen atoms in total. The summed E-state index contributed by atoms with van der Waals surface area (Å²) >= 11 is 0. The number of nitrogens with one attached hydrogen (secondary N) is 1. The first-order valence-electron chi connectivity index (χ1n) is 6.75. The number of rotatable bonds is 4. The fourth-order valence-electron chi connectivity index (χ4n) is 2.61. The lowest BCUT2D eigenvalue weighted by Crippen LogP contribution is -2.15. The van der Waals surface area contributed by atoms with Gasteiger partial charge >= 0.3 is 0 Å². The Morgan fingerprint density at radius 1 is 1.22 bits per heavy atom. The Bertz CT molecular complexity index is 596. The molecule has 2 aliphatic carbocycles. The van der Waals surface area contributed by atoms with E-state index in [0.717, 1.165) is 23.3 Å². The Balaban J connectivity index is 1.76. The summed E-state index contributed by atoms with van der Waals surface area (Å²) in [6, 6.07) is 5.51. The van der Waals surface area contributed by atoms with Crippen LogP contribution in [0.15, 0.2) is 22.6 Å². The molecule has 0 amide bonds. The zero-order valence-electron chi connectivity index (χ0n) is 10.2. The largest absolute Gasteiger partial charge is 0.459 e. The van der Waals surface area contributed by atoms with Crippen LogP contribution >= 0.6 is 0 Å². The molecular weight excluding hydrogens is 229 g/mol. The Hall–Kier alpha value is -1.35. The van der Waals surface area contributed by atoms with E-state index >= 15 is 0 Å². The number of halogens is 1. The zero-order valence-corrected chi connectivity index (χ0v) is 10.2. The molecule has 0 unspecified atom stereocenters. The number of hydrogen-bond acceptors (Lipinski definition) is 2. The van der Waals surface area contributed by atoms with Crippen LogP contribution in [0.1, 0.15) is 42.9 Å². The molecule has 0 aliphatic heterocycles. The molecule has 1 aromatic heterocycles. The molecule has 0 atom stereocenters. The van der Waals surface area contributed by atoms with E-state index in [2.05, 4.69) is 5.32 Å². The normalized spacial score (nSPS) is 19.6. The van der Waals surface area contributed by atoms with Crippen LogP contribution in [0.2, 0.25) is 0 Å². The average molecular weight is 245 g/mol. The van der Waals surface area contributed by atoms with Gasteiger partial charge in [0.15, 0.2) is 0 Å². The maximum Gasteiger partial charge on any atom is 0.134 e. The minimum atomic E-state index is -0.174. The highest BCUT2D eigenvalue weighted by molar-refractivity contribution is 5.83. The number of hydrogen-bond donors (Lipinski definition) is 1. The third-order valence-corrected chi connectivity index (χ3v) is 3.88. The van der Waals surface area contributed by atoms with Gasteiger partial charge < -0.3 is 9.73 Å². The number of fused-ring (bicyclic) bond motifs is 1. The second-order valence-electron chi connectivity index (χ2n) is 5.51. The molecule has 2 fully saturated rings. The molecule has 1 aromatic carbocycles. The van der Waals surface area contributed by atoms with Gasteiger partial charge in [0, 0.05) is 17.0 Å². The topological polar surface area (TPSA) is 25.2 Å². The monoisotopic (exact) mass is 245 g/mol. The van der Waals surface area contributed by atoms with Crippen LogP contribution in [-0.4, -0.2) is 6.04 Å². The van der Waals surface area contributed by atoms with E-state index in [-0.39, 0.29) is 5.82 Å². The smallest absolute Gasteiger partial charge is 0.134 e. The number of furan rings is 1. The summed E-state index contributed by atoms with van der Waals surface area (Å²) in [6.07, 6.45) is 4.96. The van der Waals surface area contributed by atoms with Crippen LogP contribution in [0.4, 0.5) is 4.39 Å². The quantitative estimate of drug-likeness (QED) is 0.888. The Kier molecular flexibility index (Phi) is 2.24. The maximum atomic E-state index is 13.4. The molecule has 2 aliphatic rings. The molecule has 4 rings (SSSR count). The molecular formula is C15H16FNO. The summed E-state index contributed by atoms with van der Waals surface area (Å²) in [5.41, 5.74) is 2.07. The summed E-state index contributed by atoms with van der Waals surface area (Å²) in [5, 5.41) is 4.46. The van der Waals surface area contributed by atoms with Crippen LogP contribution in [0, 0.1) is 5.82 Å². The minimum Gasteiger partial charge on any atom is -0.459 e. The van der Waals surface area contributed by atoms with Gasteiger partial charge in [-0.3, -0.25) is 0 Å². The summed E-state index contributed by atoms with van der Waals surface area (Å²) in [6.45, 7) is 0.785. The van der Waals surface area contributed by atoms with Gasteiger partial charge in [0.2, 0.25) is 0 Å². The molecule has 1 N–H and O–H groups in total. The summed E-state index contributed by atoms with van der Waals surface area (Å²) < 4.78 is 19.3. The van der Waals surface area contributed by atoms with Crippen molar-refractivity contribution in [3.63, 3.8) is 0 Å². The van der Waals surface area contributed by atoms with Crippen LogP contribution < -0.4 is 5.32 Å². The van der Waals surface area contributed by atoms with Crippen molar-refractivity contribution in [3.8, 4) is 0 Å². The lowest BCUT2D eigenvalue weighted by Gasteiger charge is -2.02. The molecule has 0 radical (unpaired) electrons. The van der Waals surface area contributed by atoms with E-state index in [0.29, 0.717) is 12.0 Å². The van der Waals surface area contributed by atoms with Gasteiger partial charge in [-0.05, 0) is 49.8 Å². The summed E-state index contributed by atoms with van der Waals surface area (Å²) in [7, 11) is 0. The van der Waals surface area contributed by atoms with Gasteiger partial charge in [-0.25, -0.2) is 4.39 Å². The average Bonchev–Trinajstić information content (AvgIpc) is 3.25. The SMILES string of the molecule is Fc1ccc2oc(CNC3CC3)c(C3CC3)c2c1. The van der Waals surface area contributed by atoms with Crippen molar-refractivity contribution in [1.29, 1.82) is 0 Å². The zero-order chi connectivity index (χ0) is 12.1. The van der Waals surface area contributed by atoms with Crippen molar-refractivity contribution in [3.05, 3.63) is 35.3 Å². The van der Waals surface area contributed by atoms with E-state index in [4.69, 9.17) is 4.42 Å². The van der Waals surface area contributed by atoms with Crippen LogP contribution in [0.25, 0.3) is 11.0 Å². The first-order chi connectivity index (χ1) is 8.81. The first kappa shape index (κ1) is 10.6. The van der Waals surface area contributed by atoms with E-state index in [9.17, 15) is 4.39 Å². The molecule has 94 valence electrons. The van der Waals surface area contributed by atoms with Crippen molar-refractivity contribution in [2.75, 3.05) is 0 Å². The van der Waals surface area contributed by atoms with Gasteiger partial charge in [0.05, 0.1) is 6.54 Å². The Morgan fingerprint density at radius 3 is 2.78 bits per heavy atom. The van der Waals surface area contributed by atoms with Crippen molar-refractivity contribution in [2.24, 2.45) is 0 Å². The number of benzene rings is 1.